The third kappa shape index (κ3) is 4.33. The molecule has 3 heteroatoms. The van der Waals surface area contributed by atoms with Crippen molar-refractivity contribution in [3.8, 4) is 0 Å². The zero-order valence-electron chi connectivity index (χ0n) is 27.3. The van der Waals surface area contributed by atoms with Gasteiger partial charge in [-0.2, -0.15) is 0 Å². The van der Waals surface area contributed by atoms with Gasteiger partial charge in [0.2, 0.25) is 0 Å². The fraction of sp³-hybridized carbons (Fsp3) is 0.718. The Morgan fingerprint density at radius 2 is 1.64 bits per heavy atom. The van der Waals surface area contributed by atoms with E-state index in [2.05, 4.69) is 48.1 Å². The molecule has 230 valence electrons. The van der Waals surface area contributed by atoms with Crippen LogP contribution in [0.4, 0.5) is 0 Å². The standard InChI is InChI=1S/C39H56O3/c1-26(2)28-17-22-39(25-42-33(41)16-13-27-11-9-8-10-12-27)24-23-37(6)29(34(28)39)14-15-31-36(5)20-19-32(40)35(3,4)30(36)18-21-38(31,37)7/h8-13,16,28-32,34,40H,1,14-15,17-25H2,2-7H3. The van der Waals surface area contributed by atoms with E-state index in [4.69, 9.17) is 4.74 Å². The highest BCUT2D eigenvalue weighted by Crippen LogP contribution is 2.77. The second-order valence-electron chi connectivity index (χ2n) is 16.8. The molecule has 5 aliphatic rings. The van der Waals surface area contributed by atoms with E-state index < -0.39 is 0 Å². The first-order valence-corrected chi connectivity index (χ1v) is 17.0. The summed E-state index contributed by atoms with van der Waals surface area (Å²) in [5.74, 6) is 2.76. The van der Waals surface area contributed by atoms with Gasteiger partial charge in [0.15, 0.2) is 0 Å². The number of carbonyl (C=O) groups is 1. The van der Waals surface area contributed by atoms with Gasteiger partial charge in [-0.1, -0.05) is 77.1 Å². The molecule has 1 N–H and O–H groups in total. The third-order valence-electron chi connectivity index (χ3n) is 14.9. The molecule has 42 heavy (non-hydrogen) atoms. The maximum atomic E-state index is 12.9. The van der Waals surface area contributed by atoms with Crippen molar-refractivity contribution in [1.82, 2.24) is 0 Å². The quantitative estimate of drug-likeness (QED) is 0.217. The summed E-state index contributed by atoms with van der Waals surface area (Å²) in [6, 6.07) is 9.99. The van der Waals surface area contributed by atoms with Gasteiger partial charge in [-0.15, -0.1) is 0 Å². The second-order valence-corrected chi connectivity index (χ2v) is 16.8. The number of rotatable bonds is 5. The van der Waals surface area contributed by atoms with Crippen LogP contribution in [0.1, 0.15) is 111 Å². The minimum Gasteiger partial charge on any atom is -0.462 e. The van der Waals surface area contributed by atoms with Crippen LogP contribution in [-0.4, -0.2) is 23.8 Å². The van der Waals surface area contributed by atoms with Crippen LogP contribution < -0.4 is 0 Å². The van der Waals surface area contributed by atoms with Gasteiger partial charge >= 0.3 is 5.97 Å². The molecule has 3 nitrogen and oxygen atoms in total. The number of esters is 1. The molecular weight excluding hydrogens is 516 g/mol. The highest BCUT2D eigenvalue weighted by Gasteiger charge is 2.70. The molecule has 0 aromatic heterocycles. The van der Waals surface area contributed by atoms with E-state index >= 15 is 0 Å². The maximum Gasteiger partial charge on any atom is 0.330 e. The summed E-state index contributed by atoms with van der Waals surface area (Å²) in [6.45, 7) is 20.0. The van der Waals surface area contributed by atoms with Crippen molar-refractivity contribution < 1.29 is 14.6 Å². The highest BCUT2D eigenvalue weighted by molar-refractivity contribution is 5.87. The van der Waals surface area contributed by atoms with Crippen LogP contribution in [-0.2, 0) is 9.53 Å². The van der Waals surface area contributed by atoms with Crippen molar-refractivity contribution >= 4 is 12.0 Å². The Bertz CT molecular complexity index is 1230. The minimum atomic E-state index is -0.219. The molecule has 0 radical (unpaired) electrons. The Labute approximate surface area is 255 Å². The molecule has 0 bridgehead atoms. The van der Waals surface area contributed by atoms with Gasteiger partial charge in [-0.25, -0.2) is 4.79 Å². The fourth-order valence-corrected chi connectivity index (χ4v) is 12.5. The van der Waals surface area contributed by atoms with E-state index in [1.165, 1.54) is 44.1 Å². The van der Waals surface area contributed by atoms with Gasteiger partial charge in [-0.3, -0.25) is 0 Å². The lowest BCUT2D eigenvalue weighted by atomic mass is 9.32. The van der Waals surface area contributed by atoms with Crippen LogP contribution in [0.3, 0.4) is 0 Å². The van der Waals surface area contributed by atoms with E-state index in [9.17, 15) is 9.90 Å². The number of ether oxygens (including phenoxy) is 1. The van der Waals surface area contributed by atoms with Crippen LogP contribution in [0.5, 0.6) is 0 Å². The first-order valence-electron chi connectivity index (χ1n) is 17.0. The Morgan fingerprint density at radius 1 is 0.905 bits per heavy atom. The number of carbonyl (C=O) groups excluding carboxylic acids is 1. The van der Waals surface area contributed by atoms with Crippen molar-refractivity contribution in [3.63, 3.8) is 0 Å². The number of allylic oxidation sites excluding steroid dienone is 1. The van der Waals surface area contributed by atoms with Crippen molar-refractivity contribution in [1.29, 1.82) is 0 Å². The highest BCUT2D eigenvalue weighted by atomic mass is 16.5. The Morgan fingerprint density at radius 3 is 2.36 bits per heavy atom. The molecule has 5 saturated carbocycles. The lowest BCUT2D eigenvalue weighted by Gasteiger charge is -2.73. The lowest BCUT2D eigenvalue weighted by Crippen LogP contribution is -2.66. The van der Waals surface area contributed by atoms with E-state index in [0.29, 0.717) is 47.0 Å². The van der Waals surface area contributed by atoms with Crippen molar-refractivity contribution in [2.75, 3.05) is 6.61 Å². The van der Waals surface area contributed by atoms with Crippen molar-refractivity contribution in [3.05, 3.63) is 54.1 Å². The molecule has 1 aromatic rings. The predicted octanol–water partition coefficient (Wildman–Crippen LogP) is 9.26. The molecule has 5 fully saturated rings. The molecule has 6 rings (SSSR count). The van der Waals surface area contributed by atoms with Crippen LogP contribution in [0.2, 0.25) is 0 Å². The average molecular weight is 573 g/mol. The summed E-state index contributed by atoms with van der Waals surface area (Å²) in [5, 5.41) is 11.0. The number of fused-ring (bicyclic) bond motifs is 7. The van der Waals surface area contributed by atoms with Gasteiger partial charge in [0.25, 0.3) is 0 Å². The van der Waals surface area contributed by atoms with E-state index in [0.717, 1.165) is 31.2 Å². The SMILES string of the molecule is C=C(C)C1CCC2(COC(=O)C=Cc3ccccc3)CCC3(C)C(CCC4C5(C)CCC(O)C(C)(C)C5CCC43C)C12. The average Bonchev–Trinajstić information content (AvgIpc) is 3.34. The summed E-state index contributed by atoms with van der Waals surface area (Å²) >= 11 is 0. The molecule has 0 amide bonds. The molecule has 0 aliphatic heterocycles. The van der Waals surface area contributed by atoms with Gasteiger partial charge < -0.3 is 9.84 Å². The monoisotopic (exact) mass is 572 g/mol. The largest absolute Gasteiger partial charge is 0.462 e. The summed E-state index contributed by atoms with van der Waals surface area (Å²) in [6.07, 6.45) is 15.2. The zero-order valence-corrected chi connectivity index (χ0v) is 27.3. The molecular formula is C39H56O3. The van der Waals surface area contributed by atoms with E-state index in [-0.39, 0.29) is 28.3 Å². The topological polar surface area (TPSA) is 46.5 Å². The summed E-state index contributed by atoms with van der Waals surface area (Å²) in [4.78, 5) is 12.9. The number of aliphatic hydroxyl groups excluding tert-OH is 1. The third-order valence-corrected chi connectivity index (χ3v) is 14.9. The van der Waals surface area contributed by atoms with Crippen LogP contribution in [0, 0.1) is 56.7 Å². The van der Waals surface area contributed by atoms with Crippen LogP contribution in [0.25, 0.3) is 6.08 Å². The number of hydrogen-bond acceptors (Lipinski definition) is 3. The Hall–Kier alpha value is -1.87. The normalized spacial score (nSPS) is 45.8. The molecule has 10 unspecified atom stereocenters. The number of benzene rings is 1. The molecule has 0 heterocycles. The molecule has 0 saturated heterocycles. The van der Waals surface area contributed by atoms with Gasteiger partial charge in [0.05, 0.1) is 12.7 Å². The zero-order chi connectivity index (χ0) is 30.1. The Balaban J connectivity index is 1.27. The summed E-state index contributed by atoms with van der Waals surface area (Å²) < 4.78 is 6.12. The minimum absolute atomic E-state index is 0.0108. The molecule has 1 aromatic carbocycles. The van der Waals surface area contributed by atoms with Crippen molar-refractivity contribution in [2.45, 2.75) is 112 Å². The number of hydrogen-bond donors (Lipinski definition) is 1. The lowest BCUT2D eigenvalue weighted by molar-refractivity contribution is -0.249. The van der Waals surface area contributed by atoms with E-state index in [1.54, 1.807) is 6.08 Å². The molecule has 0 spiro atoms. The second kappa shape index (κ2) is 10.4. The van der Waals surface area contributed by atoms with E-state index in [1.807, 2.05) is 36.4 Å². The smallest absolute Gasteiger partial charge is 0.330 e. The summed E-state index contributed by atoms with van der Waals surface area (Å²) in [5.41, 5.74) is 3.26. The Kier molecular flexibility index (Phi) is 7.44. The van der Waals surface area contributed by atoms with Crippen molar-refractivity contribution in [2.24, 2.45) is 56.7 Å². The maximum absolute atomic E-state index is 12.9. The summed E-state index contributed by atoms with van der Waals surface area (Å²) in [7, 11) is 0. The van der Waals surface area contributed by atoms with Gasteiger partial charge in [-0.05, 0) is 134 Å². The van der Waals surface area contributed by atoms with Gasteiger partial charge in [0, 0.05) is 11.5 Å². The molecule has 10 atom stereocenters. The predicted molar refractivity (Wildman–Crippen MR) is 171 cm³/mol. The fourth-order valence-electron chi connectivity index (χ4n) is 12.5. The van der Waals surface area contributed by atoms with Crippen LogP contribution >= 0.6 is 0 Å². The first kappa shape index (κ1) is 30.2. The number of aliphatic hydroxyl groups is 1. The van der Waals surface area contributed by atoms with Gasteiger partial charge in [0.1, 0.15) is 0 Å². The van der Waals surface area contributed by atoms with Crippen LogP contribution in [0.15, 0.2) is 48.6 Å². The molecule has 5 aliphatic carbocycles. The first-order chi connectivity index (χ1) is 19.8.